The number of nitrogens with two attached hydrogens (primary N) is 1. The fourth-order valence-electron chi connectivity index (χ4n) is 3.62. The number of H-pyrrole nitrogens is 1. The van der Waals surface area contributed by atoms with Crippen molar-refractivity contribution in [1.82, 2.24) is 15.2 Å². The SMILES string of the molecule is Cc1ccc(CN2CCC(NC(=O)C(=O)c3c[nH]c4ccc(N)cc34)C2=O)cc1. The summed E-state index contributed by atoms with van der Waals surface area (Å²) in [5, 5.41) is 3.18. The normalized spacial score (nSPS) is 16.4. The summed E-state index contributed by atoms with van der Waals surface area (Å²) in [4.78, 5) is 42.4. The molecule has 2 amide bonds. The van der Waals surface area contributed by atoms with Crippen molar-refractivity contribution in [2.45, 2.75) is 25.9 Å². The first-order valence-corrected chi connectivity index (χ1v) is 9.48. The number of carbonyl (C=O) groups is 3. The van der Waals surface area contributed by atoms with Crippen molar-refractivity contribution in [2.75, 3.05) is 12.3 Å². The van der Waals surface area contributed by atoms with Gasteiger partial charge in [-0.25, -0.2) is 0 Å². The molecule has 3 aromatic rings. The van der Waals surface area contributed by atoms with Crippen LogP contribution < -0.4 is 11.1 Å². The Morgan fingerprint density at radius 2 is 1.97 bits per heavy atom. The number of Topliss-reactive ketones (excluding diaryl/α,β-unsaturated/α-hetero) is 1. The minimum atomic E-state index is -0.788. The first-order valence-electron chi connectivity index (χ1n) is 9.48. The molecule has 29 heavy (non-hydrogen) atoms. The van der Waals surface area contributed by atoms with Crippen LogP contribution in [0.15, 0.2) is 48.7 Å². The maximum atomic E-state index is 12.7. The molecule has 2 heterocycles. The number of nitrogen functional groups attached to an aromatic ring is 1. The molecule has 1 saturated heterocycles. The van der Waals surface area contributed by atoms with Gasteiger partial charge in [-0.15, -0.1) is 0 Å². The number of rotatable bonds is 5. The van der Waals surface area contributed by atoms with Crippen molar-refractivity contribution < 1.29 is 14.4 Å². The maximum Gasteiger partial charge on any atom is 0.293 e. The highest BCUT2D eigenvalue weighted by Crippen LogP contribution is 2.22. The Balaban J connectivity index is 1.42. The molecule has 1 aromatic heterocycles. The zero-order valence-electron chi connectivity index (χ0n) is 16.1. The van der Waals surface area contributed by atoms with Gasteiger partial charge in [-0.05, 0) is 37.1 Å². The summed E-state index contributed by atoms with van der Waals surface area (Å²) < 4.78 is 0. The van der Waals surface area contributed by atoms with E-state index in [2.05, 4.69) is 10.3 Å². The molecular weight excluding hydrogens is 368 g/mol. The van der Waals surface area contributed by atoms with Gasteiger partial charge in [0.25, 0.3) is 11.7 Å². The summed E-state index contributed by atoms with van der Waals surface area (Å²) in [6.07, 6.45) is 1.97. The molecule has 1 atom stereocenters. The number of benzene rings is 2. The van der Waals surface area contributed by atoms with Gasteiger partial charge in [0.2, 0.25) is 5.91 Å². The van der Waals surface area contributed by atoms with Gasteiger partial charge in [-0.2, -0.15) is 0 Å². The van der Waals surface area contributed by atoms with Crippen molar-refractivity contribution in [1.29, 1.82) is 0 Å². The third-order valence-electron chi connectivity index (χ3n) is 5.25. The van der Waals surface area contributed by atoms with Crippen LogP contribution in [0, 0.1) is 6.92 Å². The lowest BCUT2D eigenvalue weighted by Gasteiger charge is -2.17. The molecule has 0 spiro atoms. The van der Waals surface area contributed by atoms with Crippen LogP contribution in [0.2, 0.25) is 0 Å². The average molecular weight is 390 g/mol. The Labute approximate surface area is 167 Å². The van der Waals surface area contributed by atoms with E-state index in [1.165, 1.54) is 6.20 Å². The first-order chi connectivity index (χ1) is 13.9. The van der Waals surface area contributed by atoms with Crippen LogP contribution in [0.25, 0.3) is 10.9 Å². The number of aromatic amines is 1. The molecule has 7 heteroatoms. The molecule has 1 aliphatic heterocycles. The molecule has 148 valence electrons. The zero-order valence-corrected chi connectivity index (χ0v) is 16.1. The Hall–Kier alpha value is -3.61. The Morgan fingerprint density at radius 3 is 2.72 bits per heavy atom. The molecule has 1 unspecified atom stereocenters. The highest BCUT2D eigenvalue weighted by atomic mass is 16.2. The van der Waals surface area contributed by atoms with Crippen LogP contribution >= 0.6 is 0 Å². The van der Waals surface area contributed by atoms with Crippen molar-refractivity contribution in [3.8, 4) is 0 Å². The maximum absolute atomic E-state index is 12.7. The highest BCUT2D eigenvalue weighted by Gasteiger charge is 2.34. The summed E-state index contributed by atoms with van der Waals surface area (Å²) in [5.41, 5.74) is 9.44. The second-order valence-corrected chi connectivity index (χ2v) is 7.40. The third-order valence-corrected chi connectivity index (χ3v) is 5.25. The van der Waals surface area contributed by atoms with Gasteiger partial charge in [0.05, 0.1) is 5.56 Å². The topological polar surface area (TPSA) is 108 Å². The number of likely N-dealkylation sites (tertiary alicyclic amines) is 1. The molecule has 1 fully saturated rings. The fraction of sp³-hybridized carbons (Fsp3) is 0.227. The minimum Gasteiger partial charge on any atom is -0.399 e. The van der Waals surface area contributed by atoms with Crippen LogP contribution in [0.1, 0.15) is 27.9 Å². The van der Waals surface area contributed by atoms with Crippen molar-refractivity contribution in [3.05, 3.63) is 65.4 Å². The van der Waals surface area contributed by atoms with E-state index in [1.54, 1.807) is 23.1 Å². The highest BCUT2D eigenvalue weighted by molar-refractivity contribution is 6.45. The molecule has 1 aliphatic rings. The number of hydrogen-bond donors (Lipinski definition) is 3. The zero-order chi connectivity index (χ0) is 20.5. The van der Waals surface area contributed by atoms with Gasteiger partial charge in [0.15, 0.2) is 0 Å². The standard InChI is InChI=1S/C22H22N4O3/c1-13-2-4-14(5-3-13)12-26-9-8-19(22(26)29)25-21(28)20(27)17-11-24-18-7-6-15(23)10-16(17)18/h2-7,10-11,19,24H,8-9,12,23H2,1H3,(H,25,28). The predicted octanol–water partition coefficient (Wildman–Crippen LogP) is 2.16. The van der Waals surface area contributed by atoms with E-state index < -0.39 is 17.7 Å². The van der Waals surface area contributed by atoms with Gasteiger partial charge in [-0.1, -0.05) is 29.8 Å². The molecule has 0 aliphatic carbocycles. The van der Waals surface area contributed by atoms with Gasteiger partial charge in [0, 0.05) is 35.9 Å². The van der Waals surface area contributed by atoms with Crippen LogP contribution in [0.3, 0.4) is 0 Å². The smallest absolute Gasteiger partial charge is 0.293 e. The Bertz CT molecular complexity index is 1100. The van der Waals surface area contributed by atoms with Crippen molar-refractivity contribution in [3.63, 3.8) is 0 Å². The second kappa shape index (κ2) is 7.43. The van der Waals surface area contributed by atoms with E-state index in [4.69, 9.17) is 5.73 Å². The lowest BCUT2D eigenvalue weighted by Crippen LogP contribution is -2.44. The van der Waals surface area contributed by atoms with Crippen LogP contribution in [-0.2, 0) is 16.1 Å². The molecule has 0 saturated carbocycles. The van der Waals surface area contributed by atoms with Crippen molar-refractivity contribution >= 4 is 34.2 Å². The number of carbonyl (C=O) groups excluding carboxylic acids is 3. The summed E-state index contributed by atoms with van der Waals surface area (Å²) >= 11 is 0. The van der Waals surface area contributed by atoms with Gasteiger partial charge >= 0.3 is 0 Å². The van der Waals surface area contributed by atoms with E-state index in [0.29, 0.717) is 30.6 Å². The van der Waals surface area contributed by atoms with Gasteiger partial charge in [-0.3, -0.25) is 14.4 Å². The van der Waals surface area contributed by atoms with E-state index in [0.717, 1.165) is 16.6 Å². The number of hydrogen-bond acceptors (Lipinski definition) is 4. The van der Waals surface area contributed by atoms with E-state index in [-0.39, 0.29) is 11.5 Å². The van der Waals surface area contributed by atoms with E-state index in [9.17, 15) is 14.4 Å². The fourth-order valence-corrected chi connectivity index (χ4v) is 3.62. The lowest BCUT2D eigenvalue weighted by molar-refractivity contribution is -0.132. The molecule has 4 rings (SSSR count). The third kappa shape index (κ3) is 3.71. The second-order valence-electron chi connectivity index (χ2n) is 7.40. The molecule has 0 bridgehead atoms. The number of anilines is 1. The number of nitrogens with zero attached hydrogens (tertiary/aromatic N) is 1. The largest absolute Gasteiger partial charge is 0.399 e. The summed E-state index contributed by atoms with van der Waals surface area (Å²) in [6, 6.07) is 12.4. The summed E-state index contributed by atoms with van der Waals surface area (Å²) in [6.45, 7) is 3.03. The summed E-state index contributed by atoms with van der Waals surface area (Å²) in [5.74, 6) is -1.65. The Kier molecular flexibility index (Phi) is 4.80. The van der Waals surface area contributed by atoms with Gasteiger partial charge in [0.1, 0.15) is 6.04 Å². The quantitative estimate of drug-likeness (QED) is 0.352. The molecule has 7 nitrogen and oxygen atoms in total. The molecule has 0 radical (unpaired) electrons. The lowest BCUT2D eigenvalue weighted by atomic mass is 10.1. The predicted molar refractivity (Wildman–Crippen MR) is 110 cm³/mol. The van der Waals surface area contributed by atoms with Crippen LogP contribution in [0.4, 0.5) is 5.69 Å². The Morgan fingerprint density at radius 1 is 1.21 bits per heavy atom. The average Bonchev–Trinajstić information content (AvgIpc) is 3.27. The van der Waals surface area contributed by atoms with Crippen LogP contribution in [0.5, 0.6) is 0 Å². The number of aromatic nitrogens is 1. The number of aryl methyl sites for hydroxylation is 1. The summed E-state index contributed by atoms with van der Waals surface area (Å²) in [7, 11) is 0. The number of nitrogens with one attached hydrogen (secondary N) is 2. The molecule has 4 N–H and O–H groups in total. The van der Waals surface area contributed by atoms with Crippen LogP contribution in [-0.4, -0.2) is 40.1 Å². The molecule has 2 aromatic carbocycles. The minimum absolute atomic E-state index is 0.171. The number of ketones is 1. The number of amides is 2. The van der Waals surface area contributed by atoms with E-state index in [1.807, 2.05) is 31.2 Å². The monoisotopic (exact) mass is 390 g/mol. The van der Waals surface area contributed by atoms with Gasteiger partial charge < -0.3 is 20.9 Å². The number of fused-ring (bicyclic) bond motifs is 1. The first kappa shape index (κ1) is 18.7. The van der Waals surface area contributed by atoms with Crippen molar-refractivity contribution in [2.24, 2.45) is 0 Å². The van der Waals surface area contributed by atoms with E-state index >= 15 is 0 Å². The molecular formula is C22H22N4O3.